The molecule has 0 aromatic heterocycles. The first-order valence-electron chi connectivity index (χ1n) is 8.35. The Labute approximate surface area is 160 Å². The summed E-state index contributed by atoms with van der Waals surface area (Å²) in [5.41, 5.74) is 1.66. The molecule has 8 heteroatoms. The minimum Gasteiger partial charge on any atom is -0.493 e. The molecule has 0 saturated heterocycles. The van der Waals surface area contributed by atoms with Gasteiger partial charge in [-0.25, -0.2) is 8.42 Å². The van der Waals surface area contributed by atoms with Crippen molar-refractivity contribution in [3.8, 4) is 11.5 Å². The van der Waals surface area contributed by atoms with E-state index in [1.165, 1.54) is 6.07 Å². The number of rotatable bonds is 8. The van der Waals surface area contributed by atoms with Crippen LogP contribution in [0.3, 0.4) is 0 Å². The normalized spacial score (nSPS) is 11.0. The van der Waals surface area contributed by atoms with Crippen molar-refractivity contribution in [2.75, 3.05) is 31.7 Å². The molecule has 2 aromatic carbocycles. The maximum Gasteiger partial charge on any atom is 0.254 e. The predicted octanol–water partition coefficient (Wildman–Crippen LogP) is 2.74. The number of ether oxygens (including phenoxy) is 2. The monoisotopic (exact) mass is 392 g/mol. The zero-order valence-corrected chi connectivity index (χ0v) is 16.7. The maximum absolute atomic E-state index is 12.9. The number of methoxy groups -OCH3 is 2. The number of benzene rings is 2. The summed E-state index contributed by atoms with van der Waals surface area (Å²) in [6.45, 7) is 2.77. The van der Waals surface area contributed by atoms with Crippen molar-refractivity contribution in [1.29, 1.82) is 0 Å². The third-order valence-corrected chi connectivity index (χ3v) is 4.51. The molecule has 0 atom stereocenters. The summed E-state index contributed by atoms with van der Waals surface area (Å²) < 4.78 is 35.7. The Morgan fingerprint density at radius 1 is 1.07 bits per heavy atom. The molecule has 27 heavy (non-hydrogen) atoms. The average molecular weight is 392 g/mol. The quantitative estimate of drug-likeness (QED) is 0.747. The van der Waals surface area contributed by atoms with Gasteiger partial charge in [-0.05, 0) is 42.8 Å². The summed E-state index contributed by atoms with van der Waals surface area (Å²) in [4.78, 5) is 14.5. The van der Waals surface area contributed by atoms with Gasteiger partial charge in [-0.3, -0.25) is 9.52 Å². The van der Waals surface area contributed by atoms with E-state index in [0.29, 0.717) is 35.8 Å². The summed E-state index contributed by atoms with van der Waals surface area (Å²) in [6, 6.07) is 11.9. The van der Waals surface area contributed by atoms with Crippen LogP contribution in [0.25, 0.3) is 0 Å². The Bertz CT molecular complexity index is 912. The van der Waals surface area contributed by atoms with Gasteiger partial charge in [-0.15, -0.1) is 0 Å². The highest BCUT2D eigenvalue weighted by Crippen LogP contribution is 2.28. The molecular formula is C19H24N2O5S. The number of hydrogen-bond acceptors (Lipinski definition) is 5. The molecular weight excluding hydrogens is 368 g/mol. The van der Waals surface area contributed by atoms with Gasteiger partial charge in [0.1, 0.15) is 0 Å². The van der Waals surface area contributed by atoms with Gasteiger partial charge in [0.25, 0.3) is 5.91 Å². The van der Waals surface area contributed by atoms with E-state index in [9.17, 15) is 13.2 Å². The largest absolute Gasteiger partial charge is 0.493 e. The first kappa shape index (κ1) is 20.6. The zero-order valence-electron chi connectivity index (χ0n) is 15.9. The second-order valence-electron chi connectivity index (χ2n) is 5.96. The van der Waals surface area contributed by atoms with Crippen LogP contribution in [-0.4, -0.2) is 46.2 Å². The van der Waals surface area contributed by atoms with Gasteiger partial charge >= 0.3 is 0 Å². The first-order valence-corrected chi connectivity index (χ1v) is 10.2. The minimum absolute atomic E-state index is 0.190. The molecule has 0 saturated carbocycles. The lowest BCUT2D eigenvalue weighted by Gasteiger charge is -2.22. The summed E-state index contributed by atoms with van der Waals surface area (Å²) in [7, 11) is -0.282. The second-order valence-corrected chi connectivity index (χ2v) is 7.71. The van der Waals surface area contributed by atoms with Gasteiger partial charge in [0.2, 0.25) is 10.0 Å². The highest BCUT2D eigenvalue weighted by Gasteiger charge is 2.16. The van der Waals surface area contributed by atoms with E-state index in [0.717, 1.165) is 11.8 Å². The molecule has 0 aliphatic heterocycles. The molecule has 0 fully saturated rings. The van der Waals surface area contributed by atoms with Crippen LogP contribution in [0.2, 0.25) is 0 Å². The van der Waals surface area contributed by atoms with Gasteiger partial charge in [0, 0.05) is 24.3 Å². The highest BCUT2D eigenvalue weighted by atomic mass is 32.2. The third kappa shape index (κ3) is 5.62. The number of anilines is 1. The van der Waals surface area contributed by atoms with Crippen molar-refractivity contribution >= 4 is 21.6 Å². The third-order valence-electron chi connectivity index (χ3n) is 3.90. The maximum atomic E-state index is 12.9. The van der Waals surface area contributed by atoms with Gasteiger partial charge < -0.3 is 14.4 Å². The summed E-state index contributed by atoms with van der Waals surface area (Å²) in [6.07, 6.45) is 1.07. The molecule has 7 nitrogen and oxygen atoms in total. The van der Waals surface area contributed by atoms with Crippen LogP contribution in [-0.2, 0) is 16.6 Å². The standard InChI is InChI=1S/C19H24N2O5S/c1-5-21(13-14-9-10-17(25-2)18(11-14)26-3)19(22)15-7-6-8-16(12-15)20-27(4,23)24/h6-12,20H,5,13H2,1-4H3. The minimum atomic E-state index is -3.41. The lowest BCUT2D eigenvalue weighted by molar-refractivity contribution is 0.0752. The number of nitrogens with one attached hydrogen (secondary N) is 1. The summed E-state index contributed by atoms with van der Waals surface area (Å²) >= 11 is 0. The lowest BCUT2D eigenvalue weighted by Crippen LogP contribution is -2.30. The molecule has 0 bridgehead atoms. The molecule has 0 spiro atoms. The molecule has 146 valence electrons. The second kappa shape index (κ2) is 8.77. The SMILES string of the molecule is CCN(Cc1ccc(OC)c(OC)c1)C(=O)c1cccc(NS(C)(=O)=O)c1. The predicted molar refractivity (Wildman–Crippen MR) is 105 cm³/mol. The molecule has 0 aliphatic carbocycles. The summed E-state index contributed by atoms with van der Waals surface area (Å²) in [5.74, 6) is 1.03. The number of nitrogens with zero attached hydrogens (tertiary/aromatic N) is 1. The van der Waals surface area contributed by atoms with E-state index in [-0.39, 0.29) is 5.91 Å². The van der Waals surface area contributed by atoms with E-state index in [4.69, 9.17) is 9.47 Å². The fraction of sp³-hybridized carbons (Fsp3) is 0.316. The number of sulfonamides is 1. The van der Waals surface area contributed by atoms with E-state index in [1.807, 2.05) is 19.1 Å². The lowest BCUT2D eigenvalue weighted by atomic mass is 10.1. The fourth-order valence-corrected chi connectivity index (χ4v) is 3.19. The smallest absolute Gasteiger partial charge is 0.254 e. The van der Waals surface area contributed by atoms with Crippen molar-refractivity contribution < 1.29 is 22.7 Å². The molecule has 0 aliphatic rings. The zero-order chi connectivity index (χ0) is 20.0. The molecule has 2 aromatic rings. The van der Waals surface area contributed by atoms with E-state index >= 15 is 0 Å². The molecule has 0 radical (unpaired) electrons. The Kier molecular flexibility index (Phi) is 6.68. The topological polar surface area (TPSA) is 84.9 Å². The first-order chi connectivity index (χ1) is 12.8. The van der Waals surface area contributed by atoms with Crippen molar-refractivity contribution in [3.63, 3.8) is 0 Å². The van der Waals surface area contributed by atoms with Crippen LogP contribution in [0, 0.1) is 0 Å². The number of hydrogen-bond donors (Lipinski definition) is 1. The Balaban J connectivity index is 2.22. The van der Waals surface area contributed by atoms with Crippen molar-refractivity contribution in [3.05, 3.63) is 53.6 Å². The molecule has 2 rings (SSSR count). The number of carbonyl (C=O) groups is 1. The Morgan fingerprint density at radius 3 is 2.37 bits per heavy atom. The van der Waals surface area contributed by atoms with Crippen molar-refractivity contribution in [2.45, 2.75) is 13.5 Å². The van der Waals surface area contributed by atoms with Crippen LogP contribution in [0.1, 0.15) is 22.8 Å². The van der Waals surface area contributed by atoms with E-state index < -0.39 is 10.0 Å². The van der Waals surface area contributed by atoms with Crippen LogP contribution in [0.15, 0.2) is 42.5 Å². The van der Waals surface area contributed by atoms with E-state index in [2.05, 4.69) is 4.72 Å². The number of carbonyl (C=O) groups excluding carboxylic acids is 1. The highest BCUT2D eigenvalue weighted by molar-refractivity contribution is 7.92. The molecule has 0 heterocycles. The van der Waals surface area contributed by atoms with Crippen molar-refractivity contribution in [1.82, 2.24) is 4.90 Å². The number of amides is 1. The molecule has 1 amide bonds. The average Bonchev–Trinajstić information content (AvgIpc) is 2.64. The van der Waals surface area contributed by atoms with Crippen LogP contribution < -0.4 is 14.2 Å². The van der Waals surface area contributed by atoms with Gasteiger partial charge in [0.05, 0.1) is 20.5 Å². The Morgan fingerprint density at radius 2 is 1.78 bits per heavy atom. The summed E-state index contributed by atoms with van der Waals surface area (Å²) in [5, 5.41) is 0. The Hall–Kier alpha value is -2.74. The van der Waals surface area contributed by atoms with Gasteiger partial charge in [-0.1, -0.05) is 12.1 Å². The molecule has 1 N–H and O–H groups in total. The van der Waals surface area contributed by atoms with Crippen LogP contribution in [0.4, 0.5) is 5.69 Å². The molecule has 0 unspecified atom stereocenters. The van der Waals surface area contributed by atoms with Crippen LogP contribution >= 0.6 is 0 Å². The van der Waals surface area contributed by atoms with Crippen molar-refractivity contribution in [2.24, 2.45) is 0 Å². The van der Waals surface area contributed by atoms with Gasteiger partial charge in [-0.2, -0.15) is 0 Å². The van der Waals surface area contributed by atoms with E-state index in [1.54, 1.807) is 43.4 Å². The van der Waals surface area contributed by atoms with Gasteiger partial charge in [0.15, 0.2) is 11.5 Å². The fourth-order valence-electron chi connectivity index (χ4n) is 2.64. The van der Waals surface area contributed by atoms with Crippen LogP contribution in [0.5, 0.6) is 11.5 Å².